The van der Waals surface area contributed by atoms with Crippen LogP contribution in [0.3, 0.4) is 0 Å². The van der Waals surface area contributed by atoms with Gasteiger partial charge in [0.05, 0.1) is 23.4 Å². The Kier molecular flexibility index (Phi) is 7.87. The number of aromatic nitrogens is 2. The van der Waals surface area contributed by atoms with E-state index in [0.29, 0.717) is 22.7 Å². The second kappa shape index (κ2) is 12.2. The Bertz CT molecular complexity index is 1650. The zero-order chi connectivity index (χ0) is 28.0. The Morgan fingerprint density at radius 1 is 0.927 bits per heavy atom. The van der Waals surface area contributed by atoms with Crippen LogP contribution in [0.5, 0.6) is 5.88 Å². The van der Waals surface area contributed by atoms with Crippen molar-refractivity contribution in [2.75, 3.05) is 18.4 Å². The van der Waals surface area contributed by atoms with Crippen LogP contribution in [0.4, 0.5) is 11.4 Å². The highest BCUT2D eigenvalue weighted by molar-refractivity contribution is 6.22. The molecule has 1 fully saturated rings. The van der Waals surface area contributed by atoms with Gasteiger partial charge >= 0.3 is 0 Å². The number of likely N-dealkylation sites (tertiary alicyclic amines) is 1. The molecule has 0 spiro atoms. The number of carbonyl (C=O) groups excluding carboxylic acids is 1. The molecular formula is C34H33N5O2. The SMILES string of the molecule is O=C(Cc1ccccn1)Nc1ccc2[nH]c(O)c(C(=Nc3ccc(CN4CCCCC4)cc3)c3ccccc3)c2c1. The zero-order valence-electron chi connectivity index (χ0n) is 22.9. The van der Waals surface area contributed by atoms with Crippen molar-refractivity contribution < 1.29 is 9.90 Å². The number of hydrogen-bond acceptors (Lipinski definition) is 5. The fourth-order valence-electron chi connectivity index (χ4n) is 5.41. The number of aliphatic imine (C=N–C) groups is 1. The normalized spacial score (nSPS) is 14.3. The Balaban J connectivity index is 1.32. The van der Waals surface area contributed by atoms with E-state index in [9.17, 15) is 9.90 Å². The number of rotatable bonds is 8. The van der Waals surface area contributed by atoms with Crippen molar-refractivity contribution in [3.63, 3.8) is 0 Å². The van der Waals surface area contributed by atoms with Gasteiger partial charge < -0.3 is 15.4 Å². The number of piperidine rings is 1. The van der Waals surface area contributed by atoms with E-state index >= 15 is 0 Å². The lowest BCUT2D eigenvalue weighted by molar-refractivity contribution is -0.115. The van der Waals surface area contributed by atoms with E-state index in [1.54, 1.807) is 6.20 Å². The molecule has 7 nitrogen and oxygen atoms in total. The molecule has 206 valence electrons. The first-order valence-electron chi connectivity index (χ1n) is 14.1. The summed E-state index contributed by atoms with van der Waals surface area (Å²) in [5, 5.41) is 14.8. The van der Waals surface area contributed by atoms with Crippen LogP contribution in [0.25, 0.3) is 10.9 Å². The smallest absolute Gasteiger partial charge is 0.230 e. The molecule has 2 aromatic heterocycles. The highest BCUT2D eigenvalue weighted by Crippen LogP contribution is 2.33. The van der Waals surface area contributed by atoms with Gasteiger partial charge in [0.1, 0.15) is 0 Å². The molecule has 1 saturated heterocycles. The maximum Gasteiger partial charge on any atom is 0.230 e. The third-order valence-corrected chi connectivity index (χ3v) is 7.45. The molecule has 7 heteroatoms. The minimum absolute atomic E-state index is 0.0290. The Labute approximate surface area is 239 Å². The molecule has 0 atom stereocenters. The molecular weight excluding hydrogens is 510 g/mol. The number of aromatic amines is 1. The number of nitrogens with zero attached hydrogens (tertiary/aromatic N) is 3. The maximum absolute atomic E-state index is 12.7. The third-order valence-electron chi connectivity index (χ3n) is 7.45. The number of carbonyl (C=O) groups is 1. The lowest BCUT2D eigenvalue weighted by Gasteiger charge is -2.26. The Morgan fingerprint density at radius 3 is 2.46 bits per heavy atom. The van der Waals surface area contributed by atoms with Crippen molar-refractivity contribution in [2.24, 2.45) is 4.99 Å². The maximum atomic E-state index is 12.7. The minimum Gasteiger partial charge on any atom is -0.494 e. The zero-order valence-corrected chi connectivity index (χ0v) is 22.9. The number of anilines is 1. The van der Waals surface area contributed by atoms with Crippen LogP contribution in [0.2, 0.25) is 0 Å². The van der Waals surface area contributed by atoms with E-state index < -0.39 is 0 Å². The van der Waals surface area contributed by atoms with Gasteiger partial charge in [-0.2, -0.15) is 0 Å². The summed E-state index contributed by atoms with van der Waals surface area (Å²) in [5.74, 6) is -0.132. The largest absolute Gasteiger partial charge is 0.494 e. The van der Waals surface area contributed by atoms with Gasteiger partial charge in [0, 0.05) is 40.6 Å². The number of benzene rings is 3. The molecule has 1 aliphatic heterocycles. The summed E-state index contributed by atoms with van der Waals surface area (Å²) >= 11 is 0. The number of fused-ring (bicyclic) bond motifs is 1. The molecule has 0 unspecified atom stereocenters. The number of H-pyrrole nitrogens is 1. The Hall–Kier alpha value is -4.75. The van der Waals surface area contributed by atoms with E-state index in [4.69, 9.17) is 4.99 Å². The monoisotopic (exact) mass is 543 g/mol. The topological polar surface area (TPSA) is 93.6 Å². The molecule has 0 saturated carbocycles. The molecule has 6 rings (SSSR count). The fourth-order valence-corrected chi connectivity index (χ4v) is 5.41. The van der Waals surface area contributed by atoms with Crippen LogP contribution < -0.4 is 5.32 Å². The van der Waals surface area contributed by atoms with E-state index in [1.165, 1.54) is 24.8 Å². The van der Waals surface area contributed by atoms with E-state index in [2.05, 4.69) is 32.3 Å². The van der Waals surface area contributed by atoms with Crippen molar-refractivity contribution in [3.05, 3.63) is 120 Å². The van der Waals surface area contributed by atoms with Crippen molar-refractivity contribution in [1.29, 1.82) is 0 Å². The number of nitrogens with one attached hydrogen (secondary N) is 2. The first kappa shape index (κ1) is 26.5. The second-order valence-corrected chi connectivity index (χ2v) is 10.5. The molecule has 41 heavy (non-hydrogen) atoms. The van der Waals surface area contributed by atoms with Gasteiger partial charge in [-0.25, -0.2) is 4.99 Å². The molecule has 0 aliphatic carbocycles. The summed E-state index contributed by atoms with van der Waals surface area (Å²) in [5.41, 5.74) is 6.28. The highest BCUT2D eigenvalue weighted by atomic mass is 16.3. The van der Waals surface area contributed by atoms with Crippen molar-refractivity contribution in [1.82, 2.24) is 14.9 Å². The first-order valence-corrected chi connectivity index (χ1v) is 14.1. The summed E-state index contributed by atoms with van der Waals surface area (Å²) in [6.07, 6.45) is 5.72. The summed E-state index contributed by atoms with van der Waals surface area (Å²) in [6.45, 7) is 3.26. The van der Waals surface area contributed by atoms with Crippen LogP contribution in [0.15, 0.2) is 102 Å². The summed E-state index contributed by atoms with van der Waals surface area (Å²) in [6, 6.07) is 29.3. The molecule has 3 N–H and O–H groups in total. The lowest BCUT2D eigenvalue weighted by atomic mass is 10.0. The van der Waals surface area contributed by atoms with Gasteiger partial charge in [0.2, 0.25) is 5.91 Å². The number of amides is 1. The fraction of sp³-hybridized carbons (Fsp3) is 0.206. The standard InChI is InChI=1S/C34H33N5O2/c40-31(22-27-11-5-6-18-35-27)36-28-16-17-30-29(21-28)32(34(41)38-30)33(25-9-3-1-4-10-25)37-26-14-12-24(13-15-26)23-39-19-7-2-8-20-39/h1,3-6,9-18,21,38,41H,2,7-8,19-20,22-23H2,(H,36,40). The summed E-state index contributed by atoms with van der Waals surface area (Å²) in [4.78, 5) is 27.6. The minimum atomic E-state index is -0.161. The quantitative estimate of drug-likeness (QED) is 0.192. The van der Waals surface area contributed by atoms with Crippen LogP contribution in [0.1, 0.15) is 41.6 Å². The molecule has 3 aromatic carbocycles. The molecule has 1 amide bonds. The van der Waals surface area contributed by atoms with E-state index in [-0.39, 0.29) is 18.2 Å². The van der Waals surface area contributed by atoms with Gasteiger partial charge in [0.15, 0.2) is 5.88 Å². The number of aromatic hydroxyl groups is 1. The predicted molar refractivity (Wildman–Crippen MR) is 164 cm³/mol. The average Bonchev–Trinajstić information content (AvgIpc) is 3.33. The first-order chi connectivity index (χ1) is 20.1. The van der Waals surface area contributed by atoms with Gasteiger partial charge in [-0.3, -0.25) is 14.7 Å². The van der Waals surface area contributed by atoms with Gasteiger partial charge in [-0.1, -0.05) is 55.0 Å². The second-order valence-electron chi connectivity index (χ2n) is 10.5. The van der Waals surface area contributed by atoms with E-state index in [0.717, 1.165) is 41.8 Å². The molecule has 1 aliphatic rings. The lowest BCUT2D eigenvalue weighted by Crippen LogP contribution is -2.28. The molecule has 5 aromatic rings. The molecule has 0 bridgehead atoms. The third kappa shape index (κ3) is 6.36. The molecule has 3 heterocycles. The van der Waals surface area contributed by atoms with Crippen LogP contribution in [-0.2, 0) is 17.8 Å². The average molecular weight is 544 g/mol. The van der Waals surface area contributed by atoms with Crippen LogP contribution >= 0.6 is 0 Å². The van der Waals surface area contributed by atoms with Crippen molar-refractivity contribution in [3.8, 4) is 5.88 Å². The van der Waals surface area contributed by atoms with Crippen molar-refractivity contribution >= 4 is 33.9 Å². The van der Waals surface area contributed by atoms with Crippen molar-refractivity contribution in [2.45, 2.75) is 32.2 Å². The van der Waals surface area contributed by atoms with Crippen LogP contribution in [-0.4, -0.2) is 44.7 Å². The van der Waals surface area contributed by atoms with Gasteiger partial charge in [-0.15, -0.1) is 0 Å². The summed E-state index contributed by atoms with van der Waals surface area (Å²) < 4.78 is 0. The molecule has 0 radical (unpaired) electrons. The highest BCUT2D eigenvalue weighted by Gasteiger charge is 2.20. The van der Waals surface area contributed by atoms with Crippen LogP contribution in [0, 0.1) is 0 Å². The van der Waals surface area contributed by atoms with Gasteiger partial charge in [-0.05, 0) is 74.0 Å². The summed E-state index contributed by atoms with van der Waals surface area (Å²) in [7, 11) is 0. The number of hydrogen-bond donors (Lipinski definition) is 3. The predicted octanol–water partition coefficient (Wildman–Crippen LogP) is 6.60. The Morgan fingerprint density at radius 2 is 1.71 bits per heavy atom. The number of pyridine rings is 1. The van der Waals surface area contributed by atoms with Gasteiger partial charge in [0.25, 0.3) is 0 Å². The van der Waals surface area contributed by atoms with E-state index in [1.807, 2.05) is 78.9 Å².